The highest BCUT2D eigenvalue weighted by Gasteiger charge is 2.19. The zero-order valence-corrected chi connectivity index (χ0v) is 7.75. The first-order valence-corrected chi connectivity index (χ1v) is 4.88. The molecule has 70 valence electrons. The molecular formula is C8H9NO3S. The summed E-state index contributed by atoms with van der Waals surface area (Å²) < 4.78 is 10.7. The summed E-state index contributed by atoms with van der Waals surface area (Å²) in [6.45, 7) is 1.77. The average Bonchev–Trinajstić information content (AvgIpc) is 2.67. The van der Waals surface area contributed by atoms with Gasteiger partial charge in [-0.25, -0.2) is 4.98 Å². The number of hydrogen-bond donors (Lipinski definition) is 0. The third kappa shape index (κ3) is 1.93. The second-order valence-corrected chi connectivity index (χ2v) is 3.55. The Kier molecular flexibility index (Phi) is 2.68. The van der Waals surface area contributed by atoms with Gasteiger partial charge in [-0.3, -0.25) is 4.79 Å². The van der Waals surface area contributed by atoms with Gasteiger partial charge in [0, 0.05) is 5.38 Å². The van der Waals surface area contributed by atoms with Crippen molar-refractivity contribution in [3.05, 3.63) is 16.1 Å². The highest BCUT2D eigenvalue weighted by atomic mass is 32.1. The van der Waals surface area contributed by atoms with E-state index in [2.05, 4.69) is 4.98 Å². The molecule has 2 heterocycles. The van der Waals surface area contributed by atoms with Crippen LogP contribution in [0.3, 0.4) is 0 Å². The van der Waals surface area contributed by atoms with Gasteiger partial charge in [0.25, 0.3) is 0 Å². The Bertz CT molecular complexity index is 293. The number of ether oxygens (including phenoxy) is 2. The minimum absolute atomic E-state index is 0.0903. The third-order valence-corrected chi connectivity index (χ3v) is 2.71. The van der Waals surface area contributed by atoms with Crippen LogP contribution in [0.2, 0.25) is 0 Å². The van der Waals surface area contributed by atoms with Gasteiger partial charge in [-0.2, -0.15) is 0 Å². The molecule has 0 aromatic carbocycles. The quantitative estimate of drug-likeness (QED) is 0.668. The number of aromatic nitrogens is 1. The molecule has 1 unspecified atom stereocenters. The number of hydrogen-bond acceptors (Lipinski definition) is 5. The van der Waals surface area contributed by atoms with Crippen molar-refractivity contribution in [1.29, 1.82) is 0 Å². The number of rotatable bonds is 2. The smallest absolute Gasteiger partial charge is 0.169 e. The van der Waals surface area contributed by atoms with Gasteiger partial charge in [0.2, 0.25) is 0 Å². The Balaban J connectivity index is 2.09. The van der Waals surface area contributed by atoms with Gasteiger partial charge in [0.05, 0.1) is 19.8 Å². The van der Waals surface area contributed by atoms with E-state index in [1.807, 2.05) is 0 Å². The Morgan fingerprint density at radius 1 is 1.62 bits per heavy atom. The molecule has 5 heteroatoms. The number of carbonyl (C=O) groups is 1. The molecule has 0 saturated carbocycles. The highest BCUT2D eigenvalue weighted by Crippen LogP contribution is 2.23. The van der Waals surface area contributed by atoms with Crippen molar-refractivity contribution in [3.8, 4) is 0 Å². The summed E-state index contributed by atoms with van der Waals surface area (Å²) in [7, 11) is 0. The van der Waals surface area contributed by atoms with Gasteiger partial charge in [0.15, 0.2) is 6.29 Å². The van der Waals surface area contributed by atoms with Gasteiger partial charge in [-0.05, 0) is 0 Å². The number of carbonyl (C=O) groups excluding carboxylic acids is 1. The van der Waals surface area contributed by atoms with Crippen LogP contribution < -0.4 is 0 Å². The summed E-state index contributed by atoms with van der Waals surface area (Å²) in [6, 6.07) is 0. The molecule has 0 N–H and O–H groups in total. The van der Waals surface area contributed by atoms with E-state index in [4.69, 9.17) is 9.47 Å². The van der Waals surface area contributed by atoms with Crippen molar-refractivity contribution in [3.63, 3.8) is 0 Å². The molecule has 1 saturated heterocycles. The Morgan fingerprint density at radius 3 is 3.15 bits per heavy atom. The van der Waals surface area contributed by atoms with Gasteiger partial charge in [-0.15, -0.1) is 11.3 Å². The summed E-state index contributed by atoms with van der Waals surface area (Å²) in [5.41, 5.74) is 0.467. The first-order valence-electron chi connectivity index (χ1n) is 4.00. The maximum Gasteiger partial charge on any atom is 0.169 e. The van der Waals surface area contributed by atoms with Crippen LogP contribution >= 0.6 is 11.3 Å². The van der Waals surface area contributed by atoms with Gasteiger partial charge >= 0.3 is 0 Å². The molecule has 0 radical (unpaired) electrons. The summed E-state index contributed by atoms with van der Waals surface area (Å²) in [6.07, 6.45) is 0.649. The Labute approximate surface area is 79.5 Å². The highest BCUT2D eigenvalue weighted by molar-refractivity contribution is 7.09. The van der Waals surface area contributed by atoms with Gasteiger partial charge < -0.3 is 9.47 Å². The molecule has 1 fully saturated rings. The lowest BCUT2D eigenvalue weighted by atomic mass is 10.3. The van der Waals surface area contributed by atoms with E-state index >= 15 is 0 Å². The molecule has 1 atom stereocenters. The van der Waals surface area contributed by atoms with Gasteiger partial charge in [-0.1, -0.05) is 0 Å². The Hall–Kier alpha value is -0.780. The minimum Gasteiger partial charge on any atom is -0.376 e. The molecule has 0 amide bonds. The maximum absolute atomic E-state index is 10.4. The van der Waals surface area contributed by atoms with Crippen molar-refractivity contribution < 1.29 is 14.3 Å². The molecule has 1 aromatic rings. The number of nitrogens with zero attached hydrogens (tertiary/aromatic N) is 1. The van der Waals surface area contributed by atoms with Crippen LogP contribution in [0.1, 0.15) is 21.6 Å². The van der Waals surface area contributed by atoms with Crippen LogP contribution in [-0.4, -0.2) is 31.1 Å². The van der Waals surface area contributed by atoms with Gasteiger partial charge in [0.1, 0.15) is 16.8 Å². The molecule has 1 aliphatic rings. The predicted octanol–water partition coefficient (Wildman–Crippen LogP) is 1.04. The zero-order valence-electron chi connectivity index (χ0n) is 6.93. The van der Waals surface area contributed by atoms with E-state index in [0.717, 1.165) is 11.3 Å². The minimum atomic E-state index is -0.0903. The van der Waals surface area contributed by atoms with Crippen molar-refractivity contribution >= 4 is 17.6 Å². The zero-order chi connectivity index (χ0) is 9.10. The SMILES string of the molecule is O=Cc1csc(C2COCCO2)n1. The summed E-state index contributed by atoms with van der Waals surface area (Å²) >= 11 is 1.43. The summed E-state index contributed by atoms with van der Waals surface area (Å²) in [5, 5.41) is 2.54. The molecule has 0 aliphatic carbocycles. The fourth-order valence-electron chi connectivity index (χ4n) is 1.13. The first kappa shape index (κ1) is 8.80. The molecule has 1 aliphatic heterocycles. The largest absolute Gasteiger partial charge is 0.376 e. The molecule has 4 nitrogen and oxygen atoms in total. The Morgan fingerprint density at radius 2 is 2.54 bits per heavy atom. The molecule has 0 bridgehead atoms. The first-order chi connectivity index (χ1) is 6.40. The molecule has 2 rings (SSSR count). The van der Waals surface area contributed by atoms with E-state index in [0.29, 0.717) is 25.5 Å². The van der Waals surface area contributed by atoms with Crippen molar-refractivity contribution in [2.45, 2.75) is 6.10 Å². The molecule has 0 spiro atoms. The summed E-state index contributed by atoms with van der Waals surface area (Å²) in [4.78, 5) is 14.5. The molecular weight excluding hydrogens is 190 g/mol. The monoisotopic (exact) mass is 199 g/mol. The third-order valence-electron chi connectivity index (χ3n) is 1.75. The van der Waals surface area contributed by atoms with Crippen molar-refractivity contribution in [2.24, 2.45) is 0 Å². The van der Waals surface area contributed by atoms with E-state index in [9.17, 15) is 4.79 Å². The lowest BCUT2D eigenvalue weighted by Gasteiger charge is -2.20. The van der Waals surface area contributed by atoms with Crippen LogP contribution in [0.5, 0.6) is 0 Å². The normalized spacial score (nSPS) is 22.9. The lowest BCUT2D eigenvalue weighted by molar-refractivity contribution is -0.0901. The van der Waals surface area contributed by atoms with Crippen LogP contribution in [0.4, 0.5) is 0 Å². The topological polar surface area (TPSA) is 48.4 Å². The van der Waals surface area contributed by atoms with E-state index < -0.39 is 0 Å². The lowest BCUT2D eigenvalue weighted by Crippen LogP contribution is -2.21. The van der Waals surface area contributed by atoms with Crippen molar-refractivity contribution in [1.82, 2.24) is 4.98 Å². The predicted molar refractivity (Wildman–Crippen MR) is 47.0 cm³/mol. The van der Waals surface area contributed by atoms with Crippen molar-refractivity contribution in [2.75, 3.05) is 19.8 Å². The van der Waals surface area contributed by atoms with E-state index in [1.165, 1.54) is 11.3 Å². The second-order valence-electron chi connectivity index (χ2n) is 2.66. The molecule has 13 heavy (non-hydrogen) atoms. The van der Waals surface area contributed by atoms with Crippen LogP contribution in [-0.2, 0) is 9.47 Å². The van der Waals surface area contributed by atoms with Crippen LogP contribution in [0, 0.1) is 0 Å². The van der Waals surface area contributed by atoms with Crippen LogP contribution in [0.15, 0.2) is 5.38 Å². The number of thiazole rings is 1. The standard InChI is InChI=1S/C8H9NO3S/c10-3-6-5-13-8(9-6)7-4-11-1-2-12-7/h3,5,7H,1-2,4H2. The van der Waals surface area contributed by atoms with E-state index in [1.54, 1.807) is 5.38 Å². The van der Waals surface area contributed by atoms with Crippen LogP contribution in [0.25, 0.3) is 0 Å². The number of aldehydes is 1. The average molecular weight is 199 g/mol. The summed E-state index contributed by atoms with van der Waals surface area (Å²) in [5.74, 6) is 0. The fourth-order valence-corrected chi connectivity index (χ4v) is 1.93. The fraction of sp³-hybridized carbons (Fsp3) is 0.500. The maximum atomic E-state index is 10.4. The second kappa shape index (κ2) is 3.95. The molecule has 1 aromatic heterocycles. The van der Waals surface area contributed by atoms with E-state index in [-0.39, 0.29) is 6.10 Å².